The quantitative estimate of drug-likeness (QED) is 0.321. The van der Waals surface area contributed by atoms with Crippen molar-refractivity contribution in [3.8, 4) is 6.07 Å². The van der Waals surface area contributed by atoms with Gasteiger partial charge in [-0.3, -0.25) is 4.98 Å². The van der Waals surface area contributed by atoms with E-state index in [9.17, 15) is 18.4 Å². The fourth-order valence-electron chi connectivity index (χ4n) is 6.84. The zero-order chi connectivity index (χ0) is 31.8. The third-order valence-corrected chi connectivity index (χ3v) is 14.5. The summed E-state index contributed by atoms with van der Waals surface area (Å²) >= 11 is 0. The van der Waals surface area contributed by atoms with Crippen molar-refractivity contribution in [1.82, 2.24) is 4.98 Å². The minimum Gasteiger partial charge on any atom is -0.559 e. The molecular formula is C34H45F3N2O3Si-. The highest BCUT2D eigenvalue weighted by atomic mass is 28.4. The second-order valence-electron chi connectivity index (χ2n) is 15.2. The predicted octanol–water partition coefficient (Wildman–Crippen LogP) is 9.26. The van der Waals surface area contributed by atoms with Crippen LogP contribution >= 0.6 is 0 Å². The molecule has 2 aliphatic heterocycles. The Bertz CT molecular complexity index is 1450. The summed E-state index contributed by atoms with van der Waals surface area (Å²) in [4.78, 5) is 5.35. The third kappa shape index (κ3) is 5.69. The lowest BCUT2D eigenvalue weighted by Gasteiger charge is -2.53. The van der Waals surface area contributed by atoms with Crippen LogP contribution in [-0.4, -0.2) is 26.5 Å². The Labute approximate surface area is 255 Å². The van der Waals surface area contributed by atoms with E-state index in [4.69, 9.17) is 18.9 Å². The standard InChI is InChI=1S/C34H45F3N2O3Si/c1-20(2)29-27-28(26-24(39-29)17-32(6,7)18-25(26)42-43(8,9)31(3,4)5)33(12-14-40-15-13-33)41-30(27)21-10-11-23(34(35,36)37)22(16-21)19-38/h10-11,16,20,25,30H,12-15,17-18H2,1-9H3/q-1/t25-,30+/m0/s1. The second-order valence-corrected chi connectivity index (χ2v) is 20.0. The molecule has 0 amide bonds. The zero-order valence-corrected chi connectivity index (χ0v) is 28.0. The van der Waals surface area contributed by atoms with Gasteiger partial charge in [-0.2, -0.15) is 18.4 Å². The average Bonchev–Trinajstić information content (AvgIpc) is 3.19. The summed E-state index contributed by atoms with van der Waals surface area (Å²) in [6, 6.07) is 5.61. The molecule has 1 saturated heterocycles. The van der Waals surface area contributed by atoms with Crippen molar-refractivity contribution < 1.29 is 27.1 Å². The molecule has 1 fully saturated rings. The zero-order valence-electron chi connectivity index (χ0n) is 27.0. The number of pyridine rings is 1. The minimum atomic E-state index is -4.62. The van der Waals surface area contributed by atoms with Crippen molar-refractivity contribution in [2.45, 2.75) is 122 Å². The molecule has 0 N–H and O–H groups in total. The van der Waals surface area contributed by atoms with Gasteiger partial charge in [-0.25, -0.2) is 0 Å². The van der Waals surface area contributed by atoms with Crippen molar-refractivity contribution in [3.05, 3.63) is 63.0 Å². The summed E-state index contributed by atoms with van der Waals surface area (Å²) in [7, 11) is -2.21. The van der Waals surface area contributed by atoms with Crippen LogP contribution in [-0.2, 0) is 32.1 Å². The Morgan fingerprint density at radius 3 is 2.30 bits per heavy atom. The molecule has 1 aromatic heterocycles. The van der Waals surface area contributed by atoms with E-state index in [0.717, 1.165) is 47.0 Å². The van der Waals surface area contributed by atoms with E-state index >= 15 is 0 Å². The van der Waals surface area contributed by atoms with E-state index in [2.05, 4.69) is 61.6 Å². The normalized spacial score (nSPS) is 23.3. The van der Waals surface area contributed by atoms with Gasteiger partial charge in [-0.1, -0.05) is 54.5 Å². The minimum absolute atomic E-state index is 0.00650. The van der Waals surface area contributed by atoms with Crippen LogP contribution < -0.4 is 0 Å². The number of hydrogen-bond acceptors (Lipinski definition) is 5. The molecule has 3 heterocycles. The van der Waals surface area contributed by atoms with Crippen molar-refractivity contribution in [2.24, 2.45) is 5.41 Å². The van der Waals surface area contributed by atoms with Gasteiger partial charge in [-0.15, -0.1) is 18.1 Å². The number of alkyl halides is 3. The molecule has 0 unspecified atom stereocenters. The topological polar surface area (TPSA) is 64.4 Å². The highest BCUT2D eigenvalue weighted by Gasteiger charge is 2.53. The lowest BCUT2D eigenvalue weighted by atomic mass is 9.70. The average molecular weight is 615 g/mol. The number of benzene rings is 1. The molecule has 0 radical (unpaired) electrons. The molecule has 3 aliphatic rings. The molecule has 1 spiro atoms. The van der Waals surface area contributed by atoms with Crippen molar-refractivity contribution in [1.29, 1.82) is 5.26 Å². The summed E-state index contributed by atoms with van der Waals surface area (Å²) < 4.78 is 61.3. The van der Waals surface area contributed by atoms with E-state index < -0.39 is 37.3 Å². The molecule has 2 aromatic rings. The predicted molar refractivity (Wildman–Crippen MR) is 162 cm³/mol. The van der Waals surface area contributed by atoms with Gasteiger partial charge in [0.2, 0.25) is 0 Å². The van der Waals surface area contributed by atoms with Crippen LogP contribution in [0.3, 0.4) is 0 Å². The lowest BCUT2D eigenvalue weighted by molar-refractivity contribution is -0.138. The molecule has 1 aromatic carbocycles. The number of aromatic nitrogens is 1. The maximum absolute atomic E-state index is 13.7. The van der Waals surface area contributed by atoms with Crippen LogP contribution in [0.2, 0.25) is 18.1 Å². The van der Waals surface area contributed by atoms with Crippen LogP contribution in [0.25, 0.3) is 0 Å². The lowest BCUT2D eigenvalue weighted by Crippen LogP contribution is -2.45. The van der Waals surface area contributed by atoms with Crippen LogP contribution in [0.1, 0.15) is 131 Å². The first kappa shape index (κ1) is 32.1. The Balaban J connectivity index is 1.79. The first-order valence-corrected chi connectivity index (χ1v) is 18.3. The number of nitrogens with zero attached hydrogens (tertiary/aromatic N) is 2. The molecule has 235 valence electrons. The van der Waals surface area contributed by atoms with Crippen LogP contribution in [0.15, 0.2) is 18.2 Å². The van der Waals surface area contributed by atoms with Gasteiger partial charge in [0.15, 0.2) is 0 Å². The van der Waals surface area contributed by atoms with E-state index in [1.165, 1.54) is 12.1 Å². The van der Waals surface area contributed by atoms with Gasteiger partial charge >= 0.3 is 6.18 Å². The maximum Gasteiger partial charge on any atom is 0.417 e. The van der Waals surface area contributed by atoms with Gasteiger partial charge < -0.3 is 13.9 Å². The monoisotopic (exact) mass is 614 g/mol. The summed E-state index contributed by atoms with van der Waals surface area (Å²) in [5, 5.41) is 9.72. The number of rotatable bonds is 4. The van der Waals surface area contributed by atoms with Gasteiger partial charge in [0, 0.05) is 54.7 Å². The van der Waals surface area contributed by atoms with Gasteiger partial charge in [0.25, 0.3) is 0 Å². The highest BCUT2D eigenvalue weighted by Crippen LogP contribution is 2.59. The van der Waals surface area contributed by atoms with Gasteiger partial charge in [0.05, 0.1) is 22.8 Å². The Morgan fingerprint density at radius 1 is 1.09 bits per heavy atom. The highest BCUT2D eigenvalue weighted by molar-refractivity contribution is 6.74. The van der Waals surface area contributed by atoms with Gasteiger partial charge in [-0.05, 0) is 55.8 Å². The van der Waals surface area contributed by atoms with E-state index in [1.54, 1.807) is 6.07 Å². The number of fused-ring (bicyclic) bond motifs is 4. The molecule has 0 saturated carbocycles. The Hall–Kier alpha value is -2.25. The number of hydrogen-bond donors (Lipinski definition) is 0. The Morgan fingerprint density at radius 2 is 1.74 bits per heavy atom. The van der Waals surface area contributed by atoms with Crippen LogP contribution in [0.4, 0.5) is 13.2 Å². The fraction of sp³-hybridized carbons (Fsp3) is 0.647. The number of nitriles is 1. The fourth-order valence-corrected chi connectivity index (χ4v) is 8.10. The largest absolute Gasteiger partial charge is 0.559 e. The van der Waals surface area contributed by atoms with E-state index in [0.29, 0.717) is 31.6 Å². The molecule has 5 nitrogen and oxygen atoms in total. The molecule has 9 heteroatoms. The molecule has 2 atom stereocenters. The van der Waals surface area contributed by atoms with Crippen LogP contribution in [0, 0.1) is 16.7 Å². The molecular weight excluding hydrogens is 569 g/mol. The van der Waals surface area contributed by atoms with Crippen molar-refractivity contribution >= 4 is 8.32 Å². The molecule has 43 heavy (non-hydrogen) atoms. The number of ether oxygens (including phenoxy) is 2. The van der Waals surface area contributed by atoms with Gasteiger partial charge in [0.1, 0.15) is 6.10 Å². The van der Waals surface area contributed by atoms with Crippen LogP contribution in [0.5, 0.6) is 0 Å². The second kappa shape index (κ2) is 10.7. The molecule has 1 aliphatic carbocycles. The maximum atomic E-state index is 13.7. The summed E-state index contributed by atoms with van der Waals surface area (Å²) in [5.74, 6) is 0.0508. The van der Waals surface area contributed by atoms with Crippen molar-refractivity contribution in [2.75, 3.05) is 13.2 Å². The van der Waals surface area contributed by atoms with E-state index in [1.807, 2.05) is 0 Å². The Kier molecular flexibility index (Phi) is 7.99. The molecule has 0 bridgehead atoms. The first-order chi connectivity index (χ1) is 19.8. The third-order valence-electron chi connectivity index (χ3n) is 10.0. The number of halogens is 3. The van der Waals surface area contributed by atoms with E-state index in [-0.39, 0.29) is 22.5 Å². The SMILES string of the molecule is CC(C)c1nc2c(c3c1[C@@H](c1ccc(C(F)(F)F)c(C#N)c1)OC31CCOCC1)[C@@H](O[Si-](C)(C)C(C)(C)C)CC(C)(C)C2. The first-order valence-electron chi connectivity index (χ1n) is 15.4. The summed E-state index contributed by atoms with van der Waals surface area (Å²) in [5.41, 5.74) is 3.60. The summed E-state index contributed by atoms with van der Waals surface area (Å²) in [6.45, 7) is 21.1. The smallest absolute Gasteiger partial charge is 0.417 e. The summed E-state index contributed by atoms with van der Waals surface area (Å²) in [6.07, 6.45) is -2.53. The van der Waals surface area contributed by atoms with Crippen molar-refractivity contribution in [3.63, 3.8) is 0 Å². The molecule has 5 rings (SSSR count).